The second-order valence-electron chi connectivity index (χ2n) is 5.02. The third kappa shape index (κ3) is 4.05. The molecule has 0 saturated carbocycles. The number of hydrogen-bond acceptors (Lipinski definition) is 2. The molecule has 0 fully saturated rings. The van der Waals surface area contributed by atoms with Gasteiger partial charge in [0.15, 0.2) is 6.10 Å². The molecule has 0 spiro atoms. The van der Waals surface area contributed by atoms with E-state index in [1.165, 1.54) is 12.1 Å². The summed E-state index contributed by atoms with van der Waals surface area (Å²) in [5.41, 5.74) is 2.38. The maximum Gasteiger partial charge on any atom is 0.265 e. The van der Waals surface area contributed by atoms with Gasteiger partial charge in [-0.1, -0.05) is 17.7 Å². The molecule has 2 aromatic rings. The van der Waals surface area contributed by atoms with Crippen LogP contribution in [0.2, 0.25) is 0 Å². The minimum Gasteiger partial charge on any atom is -0.481 e. The van der Waals surface area contributed by atoms with Crippen molar-refractivity contribution in [1.29, 1.82) is 0 Å². The van der Waals surface area contributed by atoms with Crippen LogP contribution in [0.4, 0.5) is 10.1 Å². The van der Waals surface area contributed by atoms with Crippen molar-refractivity contribution in [2.24, 2.45) is 0 Å². The minimum atomic E-state index is -0.642. The van der Waals surface area contributed by atoms with Gasteiger partial charge in [0.2, 0.25) is 0 Å². The highest BCUT2D eigenvalue weighted by molar-refractivity contribution is 5.94. The largest absolute Gasteiger partial charge is 0.481 e. The van der Waals surface area contributed by atoms with Crippen LogP contribution in [-0.2, 0) is 4.79 Å². The lowest BCUT2D eigenvalue weighted by Crippen LogP contribution is -2.30. The van der Waals surface area contributed by atoms with Gasteiger partial charge in [0.25, 0.3) is 5.91 Å². The molecular weight excluding hydrogens is 269 g/mol. The lowest BCUT2D eigenvalue weighted by molar-refractivity contribution is -0.122. The van der Waals surface area contributed by atoms with E-state index in [-0.39, 0.29) is 11.7 Å². The topological polar surface area (TPSA) is 38.3 Å². The molecule has 1 atom stereocenters. The van der Waals surface area contributed by atoms with E-state index in [0.717, 1.165) is 5.56 Å². The molecule has 1 amide bonds. The van der Waals surface area contributed by atoms with Crippen LogP contribution in [0.1, 0.15) is 18.1 Å². The van der Waals surface area contributed by atoms with Crippen molar-refractivity contribution in [3.8, 4) is 5.75 Å². The van der Waals surface area contributed by atoms with E-state index >= 15 is 0 Å². The quantitative estimate of drug-likeness (QED) is 0.927. The van der Waals surface area contributed by atoms with E-state index in [9.17, 15) is 9.18 Å². The normalized spacial score (nSPS) is 11.8. The summed E-state index contributed by atoms with van der Waals surface area (Å²) in [4.78, 5) is 12.1. The lowest BCUT2D eigenvalue weighted by Gasteiger charge is -2.16. The first-order valence-corrected chi connectivity index (χ1v) is 6.76. The van der Waals surface area contributed by atoms with Crippen molar-refractivity contribution in [2.75, 3.05) is 5.32 Å². The maximum absolute atomic E-state index is 13.0. The van der Waals surface area contributed by atoms with Crippen LogP contribution in [-0.4, -0.2) is 12.0 Å². The smallest absolute Gasteiger partial charge is 0.265 e. The molecule has 4 heteroatoms. The molecule has 0 aliphatic rings. The summed E-state index contributed by atoms with van der Waals surface area (Å²) in [5, 5.41) is 2.74. The average molecular weight is 287 g/mol. The molecule has 0 radical (unpaired) electrons. The minimum absolute atomic E-state index is 0.273. The maximum atomic E-state index is 13.0. The number of anilines is 1. The number of aryl methyl sites for hydroxylation is 2. The van der Waals surface area contributed by atoms with Crippen molar-refractivity contribution in [3.05, 3.63) is 59.4 Å². The van der Waals surface area contributed by atoms with Crippen LogP contribution < -0.4 is 10.1 Å². The van der Waals surface area contributed by atoms with Gasteiger partial charge in [-0.3, -0.25) is 4.79 Å². The Bertz CT molecular complexity index is 638. The summed E-state index contributed by atoms with van der Waals surface area (Å²) in [6, 6.07) is 11.7. The first kappa shape index (κ1) is 15.0. The Labute approximate surface area is 123 Å². The van der Waals surface area contributed by atoms with Crippen LogP contribution in [0.15, 0.2) is 42.5 Å². The number of ether oxygens (including phenoxy) is 1. The molecule has 2 rings (SSSR count). The van der Waals surface area contributed by atoms with E-state index in [1.807, 2.05) is 31.2 Å². The summed E-state index contributed by atoms with van der Waals surface area (Å²) < 4.78 is 18.6. The van der Waals surface area contributed by atoms with Crippen molar-refractivity contribution in [3.63, 3.8) is 0 Å². The number of hydrogen-bond donors (Lipinski definition) is 1. The number of amides is 1. The monoisotopic (exact) mass is 287 g/mol. The molecule has 0 saturated heterocycles. The molecule has 1 N–H and O–H groups in total. The number of rotatable bonds is 4. The first-order chi connectivity index (χ1) is 9.95. The Balaban J connectivity index is 2.00. The number of nitrogens with one attached hydrogen (secondary N) is 1. The summed E-state index contributed by atoms with van der Waals surface area (Å²) in [7, 11) is 0. The predicted molar refractivity (Wildman–Crippen MR) is 81.0 cm³/mol. The van der Waals surface area contributed by atoms with Gasteiger partial charge >= 0.3 is 0 Å². The van der Waals surface area contributed by atoms with E-state index in [2.05, 4.69) is 5.32 Å². The molecule has 110 valence electrons. The summed E-state index contributed by atoms with van der Waals surface area (Å²) in [5.74, 6) is 0.0406. The van der Waals surface area contributed by atoms with Crippen LogP contribution >= 0.6 is 0 Å². The van der Waals surface area contributed by atoms with E-state index < -0.39 is 6.10 Å². The Morgan fingerprint density at radius 1 is 1.14 bits per heavy atom. The van der Waals surface area contributed by atoms with E-state index in [0.29, 0.717) is 17.0 Å². The van der Waals surface area contributed by atoms with Crippen LogP contribution in [0.5, 0.6) is 5.75 Å². The molecule has 3 nitrogen and oxygen atoms in total. The fraction of sp³-hybridized carbons (Fsp3) is 0.235. The van der Waals surface area contributed by atoms with Crippen molar-refractivity contribution in [1.82, 2.24) is 0 Å². The van der Waals surface area contributed by atoms with Gasteiger partial charge in [-0.25, -0.2) is 4.39 Å². The third-order valence-corrected chi connectivity index (χ3v) is 3.15. The zero-order valence-corrected chi connectivity index (χ0v) is 12.3. The van der Waals surface area contributed by atoms with Crippen molar-refractivity contribution < 1.29 is 13.9 Å². The summed E-state index contributed by atoms with van der Waals surface area (Å²) in [6.45, 7) is 5.40. The molecule has 0 bridgehead atoms. The standard InChI is InChI=1S/C17H18FNO2/c1-11-4-7-15(8-5-11)21-13(3)17(20)19-16-9-6-14(18)10-12(16)2/h4-10,13H,1-3H3,(H,19,20)/t13-/m1/s1. The molecule has 0 aromatic heterocycles. The lowest BCUT2D eigenvalue weighted by atomic mass is 10.2. The zero-order valence-electron chi connectivity index (χ0n) is 12.3. The fourth-order valence-corrected chi connectivity index (χ4v) is 1.88. The Kier molecular flexibility index (Phi) is 4.58. The van der Waals surface area contributed by atoms with Crippen molar-refractivity contribution in [2.45, 2.75) is 26.9 Å². The van der Waals surface area contributed by atoms with E-state index in [4.69, 9.17) is 4.74 Å². The SMILES string of the molecule is Cc1ccc(O[C@H](C)C(=O)Nc2ccc(F)cc2C)cc1. The van der Waals surface area contributed by atoms with Crippen LogP contribution in [0, 0.1) is 19.7 Å². The molecule has 2 aromatic carbocycles. The Hall–Kier alpha value is -2.36. The van der Waals surface area contributed by atoms with Crippen molar-refractivity contribution >= 4 is 11.6 Å². The van der Waals surface area contributed by atoms with Crippen LogP contribution in [0.25, 0.3) is 0 Å². The zero-order chi connectivity index (χ0) is 15.4. The van der Waals surface area contributed by atoms with Gasteiger partial charge in [0.1, 0.15) is 11.6 Å². The number of benzene rings is 2. The molecule has 0 aliphatic carbocycles. The Morgan fingerprint density at radius 3 is 2.43 bits per heavy atom. The summed E-state index contributed by atoms with van der Waals surface area (Å²) >= 11 is 0. The molecular formula is C17H18FNO2. The van der Waals surface area contributed by atoms with Gasteiger partial charge in [0, 0.05) is 5.69 Å². The number of halogens is 1. The van der Waals surface area contributed by atoms with Gasteiger partial charge < -0.3 is 10.1 Å². The predicted octanol–water partition coefficient (Wildman–Crippen LogP) is 3.85. The number of carbonyl (C=O) groups excluding carboxylic acids is 1. The molecule has 0 aliphatic heterocycles. The highest BCUT2D eigenvalue weighted by Crippen LogP contribution is 2.17. The first-order valence-electron chi connectivity index (χ1n) is 6.76. The third-order valence-electron chi connectivity index (χ3n) is 3.15. The second-order valence-corrected chi connectivity index (χ2v) is 5.02. The average Bonchev–Trinajstić information content (AvgIpc) is 2.44. The van der Waals surface area contributed by atoms with Gasteiger partial charge in [0.05, 0.1) is 0 Å². The molecule has 21 heavy (non-hydrogen) atoms. The van der Waals surface area contributed by atoms with E-state index in [1.54, 1.807) is 19.9 Å². The molecule has 0 heterocycles. The van der Waals surface area contributed by atoms with Crippen LogP contribution in [0.3, 0.4) is 0 Å². The Morgan fingerprint density at radius 2 is 1.81 bits per heavy atom. The second kappa shape index (κ2) is 6.39. The highest BCUT2D eigenvalue weighted by Gasteiger charge is 2.15. The fourth-order valence-electron chi connectivity index (χ4n) is 1.88. The summed E-state index contributed by atoms with van der Waals surface area (Å²) in [6.07, 6.45) is -0.642. The van der Waals surface area contributed by atoms with Gasteiger partial charge in [-0.15, -0.1) is 0 Å². The highest BCUT2D eigenvalue weighted by atomic mass is 19.1. The van der Waals surface area contributed by atoms with Gasteiger partial charge in [-0.2, -0.15) is 0 Å². The number of carbonyl (C=O) groups is 1. The van der Waals surface area contributed by atoms with Gasteiger partial charge in [-0.05, 0) is 56.7 Å². The molecule has 0 unspecified atom stereocenters.